The van der Waals surface area contributed by atoms with Crippen LogP contribution in [0.1, 0.15) is 60.1 Å². The Kier molecular flexibility index (Phi) is 9.41. The summed E-state index contributed by atoms with van der Waals surface area (Å²) in [6, 6.07) is 11.2. The monoisotopic (exact) mass is 518 g/mol. The highest BCUT2D eigenvalue weighted by Gasteiger charge is 2.33. The van der Waals surface area contributed by atoms with Crippen molar-refractivity contribution in [1.29, 1.82) is 5.41 Å². The van der Waals surface area contributed by atoms with Gasteiger partial charge in [-0.25, -0.2) is 9.37 Å². The minimum Gasteiger partial charge on any atom is -0.336 e. The Hall–Kier alpha value is -3.98. The van der Waals surface area contributed by atoms with Crippen LogP contribution in [0.3, 0.4) is 0 Å². The van der Waals surface area contributed by atoms with Crippen LogP contribution in [0.5, 0.6) is 0 Å². The number of nitrogens with one attached hydrogen (secondary N) is 2. The molecule has 0 unspecified atom stereocenters. The van der Waals surface area contributed by atoms with Crippen molar-refractivity contribution in [3.8, 4) is 0 Å². The molecule has 1 aliphatic heterocycles. The number of aldehydes is 1. The topological polar surface area (TPSA) is 106 Å². The average molecular weight is 519 g/mol. The molecule has 0 spiro atoms. The zero-order valence-electron chi connectivity index (χ0n) is 22.5. The van der Waals surface area contributed by atoms with Crippen molar-refractivity contribution in [2.45, 2.75) is 33.2 Å². The lowest BCUT2D eigenvalue weighted by atomic mass is 9.98. The number of imidazole rings is 1. The maximum Gasteiger partial charge on any atom is 0.272 e. The van der Waals surface area contributed by atoms with Gasteiger partial charge in [0.1, 0.15) is 17.3 Å². The van der Waals surface area contributed by atoms with E-state index in [1.165, 1.54) is 18.3 Å². The van der Waals surface area contributed by atoms with Crippen molar-refractivity contribution in [2.75, 3.05) is 26.7 Å². The van der Waals surface area contributed by atoms with Crippen LogP contribution in [0.4, 0.5) is 4.39 Å². The fourth-order valence-corrected chi connectivity index (χ4v) is 3.98. The number of H-pyrrole nitrogens is 1. The van der Waals surface area contributed by atoms with E-state index in [2.05, 4.69) is 40.7 Å². The molecule has 1 fully saturated rings. The van der Waals surface area contributed by atoms with E-state index in [-0.39, 0.29) is 28.9 Å². The maximum absolute atomic E-state index is 12.9. The third-order valence-electron chi connectivity index (χ3n) is 6.56. The van der Waals surface area contributed by atoms with E-state index in [1.54, 1.807) is 30.5 Å². The predicted octanol–water partition coefficient (Wildman–Crippen LogP) is 4.72. The number of hydrogen-bond acceptors (Lipinski definition) is 6. The lowest BCUT2D eigenvalue weighted by molar-refractivity contribution is 0.0307. The number of benzene rings is 1. The molecule has 0 atom stereocenters. The van der Waals surface area contributed by atoms with Gasteiger partial charge in [0.2, 0.25) is 0 Å². The minimum absolute atomic E-state index is 0.0304. The molecule has 1 saturated heterocycles. The Morgan fingerprint density at radius 2 is 1.84 bits per heavy atom. The highest BCUT2D eigenvalue weighted by atomic mass is 19.1. The number of carbonyl (C=O) groups excluding carboxylic acids is 2. The molecule has 3 heterocycles. The van der Waals surface area contributed by atoms with E-state index in [4.69, 9.17) is 5.41 Å². The fourth-order valence-electron chi connectivity index (χ4n) is 3.98. The Morgan fingerprint density at radius 3 is 2.39 bits per heavy atom. The summed E-state index contributed by atoms with van der Waals surface area (Å²) < 4.78 is 12.9. The van der Waals surface area contributed by atoms with Crippen molar-refractivity contribution < 1.29 is 14.0 Å². The molecule has 0 bridgehead atoms. The Labute approximate surface area is 223 Å². The minimum atomic E-state index is -0.332. The van der Waals surface area contributed by atoms with Gasteiger partial charge in [-0.2, -0.15) is 0 Å². The Bertz CT molecular complexity index is 1280. The molecule has 1 amide bonds. The normalized spacial score (nSPS) is 15.6. The number of pyridine rings is 1. The predicted molar refractivity (Wildman–Crippen MR) is 147 cm³/mol. The number of aromatic nitrogens is 3. The van der Waals surface area contributed by atoms with Crippen LogP contribution in [0, 0.1) is 17.1 Å². The number of rotatable bonds is 6. The van der Waals surface area contributed by atoms with Gasteiger partial charge >= 0.3 is 0 Å². The summed E-state index contributed by atoms with van der Waals surface area (Å²) in [6.07, 6.45) is 5.50. The van der Waals surface area contributed by atoms with Gasteiger partial charge in [0.25, 0.3) is 5.91 Å². The third kappa shape index (κ3) is 7.29. The highest BCUT2D eigenvalue weighted by Crippen LogP contribution is 2.22. The standard InChI is InChI=1S/C16H16FN3O.C13H19N3O/c1-10(2)14(16-19-8-13(9-21)20-16)7-15(18)11-3-5-12(17)6-4-11;1-13(2)10-16(9-8-15(13)3)12(17)11-6-4-5-7-14-11/h3-10,18H,1-2H3,(H,19,20);4-7H,8-10H2,1-3H3/b14-7-,18-15?;. The molecule has 200 valence electrons. The molecule has 8 nitrogen and oxygen atoms in total. The molecule has 2 aromatic heterocycles. The van der Waals surface area contributed by atoms with Crippen LogP contribution in [-0.2, 0) is 0 Å². The first-order chi connectivity index (χ1) is 18.0. The first-order valence-electron chi connectivity index (χ1n) is 12.5. The van der Waals surface area contributed by atoms with E-state index in [0.29, 0.717) is 29.1 Å². The van der Waals surface area contributed by atoms with Crippen LogP contribution in [0.25, 0.3) is 5.57 Å². The third-order valence-corrected chi connectivity index (χ3v) is 6.56. The first-order valence-corrected chi connectivity index (χ1v) is 12.5. The molecule has 0 radical (unpaired) electrons. The molecule has 9 heteroatoms. The summed E-state index contributed by atoms with van der Waals surface area (Å²) >= 11 is 0. The molecule has 4 rings (SSSR count). The van der Waals surface area contributed by atoms with Gasteiger partial charge in [0.05, 0.1) is 17.6 Å². The molecule has 2 N–H and O–H groups in total. The van der Waals surface area contributed by atoms with Crippen LogP contribution in [-0.4, -0.2) is 74.9 Å². The van der Waals surface area contributed by atoms with Crippen LogP contribution >= 0.6 is 0 Å². The van der Waals surface area contributed by atoms with Crippen molar-refractivity contribution >= 4 is 23.5 Å². The number of likely N-dealkylation sites (N-methyl/N-ethyl adjacent to an activating group) is 1. The van der Waals surface area contributed by atoms with E-state index in [1.807, 2.05) is 30.9 Å². The molecular formula is C29H35FN6O2. The number of aromatic amines is 1. The number of amides is 1. The lowest BCUT2D eigenvalue weighted by Gasteiger charge is -2.45. The summed E-state index contributed by atoms with van der Waals surface area (Å²) in [5.41, 5.74) is 2.66. The largest absolute Gasteiger partial charge is 0.336 e. The SMILES string of the molecule is CC(C)/C(=C/C(=N)c1ccc(F)cc1)c1ncc(C=O)[nH]1.CN1CCN(C(=O)c2ccccn2)CC1(C)C. The molecule has 3 aromatic rings. The number of halogens is 1. The molecule has 1 aromatic carbocycles. The van der Waals surface area contributed by atoms with Crippen molar-refractivity contribution in [3.05, 3.63) is 89.5 Å². The average Bonchev–Trinajstić information content (AvgIpc) is 3.38. The zero-order valence-corrected chi connectivity index (χ0v) is 22.5. The van der Waals surface area contributed by atoms with E-state index < -0.39 is 0 Å². The van der Waals surface area contributed by atoms with E-state index >= 15 is 0 Å². The molecule has 38 heavy (non-hydrogen) atoms. The van der Waals surface area contributed by atoms with Gasteiger partial charge < -0.3 is 15.3 Å². The Balaban J connectivity index is 0.000000215. The van der Waals surface area contributed by atoms with Crippen molar-refractivity contribution in [2.24, 2.45) is 5.92 Å². The second-order valence-electron chi connectivity index (χ2n) is 10.2. The maximum atomic E-state index is 12.9. The van der Waals surface area contributed by atoms with Crippen LogP contribution in [0.2, 0.25) is 0 Å². The molecule has 0 saturated carbocycles. The summed E-state index contributed by atoms with van der Waals surface area (Å²) in [6.45, 7) is 10.7. The zero-order chi connectivity index (χ0) is 27.9. The molecule has 1 aliphatic rings. The quantitative estimate of drug-likeness (QED) is 0.363. The molecule has 0 aliphatic carbocycles. The number of nitrogens with zero attached hydrogens (tertiary/aromatic N) is 4. The number of piperazine rings is 1. The number of allylic oxidation sites excluding steroid dienone is 2. The van der Waals surface area contributed by atoms with Crippen LogP contribution in [0.15, 0.2) is 60.9 Å². The number of carbonyl (C=O) groups is 2. The van der Waals surface area contributed by atoms with Crippen molar-refractivity contribution in [3.63, 3.8) is 0 Å². The van der Waals surface area contributed by atoms with Gasteiger partial charge in [-0.05, 0) is 80.4 Å². The van der Waals surface area contributed by atoms with Gasteiger partial charge in [-0.3, -0.25) is 19.5 Å². The second kappa shape index (κ2) is 12.5. The van der Waals surface area contributed by atoms with E-state index in [9.17, 15) is 14.0 Å². The Morgan fingerprint density at radius 1 is 1.13 bits per heavy atom. The smallest absolute Gasteiger partial charge is 0.272 e. The summed E-state index contributed by atoms with van der Waals surface area (Å²) in [7, 11) is 2.10. The summed E-state index contributed by atoms with van der Waals surface area (Å²) in [5.74, 6) is 0.392. The van der Waals surface area contributed by atoms with Crippen LogP contribution < -0.4 is 0 Å². The number of hydrogen-bond donors (Lipinski definition) is 2. The fraction of sp³-hybridized carbons (Fsp3) is 0.345. The lowest BCUT2D eigenvalue weighted by Crippen LogP contribution is -2.58. The van der Waals surface area contributed by atoms with Gasteiger partial charge in [0.15, 0.2) is 6.29 Å². The second-order valence-corrected chi connectivity index (χ2v) is 10.2. The van der Waals surface area contributed by atoms with Crippen molar-refractivity contribution in [1.82, 2.24) is 24.8 Å². The van der Waals surface area contributed by atoms with Gasteiger partial charge in [0, 0.05) is 31.4 Å². The van der Waals surface area contributed by atoms with Gasteiger partial charge in [-0.1, -0.05) is 19.9 Å². The highest BCUT2D eigenvalue weighted by molar-refractivity contribution is 6.10. The van der Waals surface area contributed by atoms with Gasteiger partial charge in [-0.15, -0.1) is 0 Å². The summed E-state index contributed by atoms with van der Waals surface area (Å²) in [5, 5.41) is 8.11. The van der Waals surface area contributed by atoms with E-state index in [0.717, 1.165) is 25.2 Å². The first kappa shape index (κ1) is 28.6. The molecular weight excluding hydrogens is 483 g/mol. The summed E-state index contributed by atoms with van der Waals surface area (Å²) in [4.78, 5) is 38.3.